The first-order valence-corrected chi connectivity index (χ1v) is 8.78. The van der Waals surface area contributed by atoms with E-state index in [1.807, 2.05) is 31.3 Å². The molecule has 0 amide bonds. The van der Waals surface area contributed by atoms with E-state index in [4.69, 9.17) is 5.11 Å². The lowest BCUT2D eigenvalue weighted by Crippen LogP contribution is -2.01. The maximum atomic E-state index is 9.01. The summed E-state index contributed by atoms with van der Waals surface area (Å²) in [5, 5.41) is 17.5. The third-order valence-corrected chi connectivity index (χ3v) is 4.87. The lowest BCUT2D eigenvalue weighted by molar-refractivity contribution is 0.269. The molecule has 0 unspecified atom stereocenters. The third kappa shape index (κ3) is 3.24. The fourth-order valence-electron chi connectivity index (χ4n) is 2.66. The quantitative estimate of drug-likeness (QED) is 0.574. The number of aliphatic hydroxyl groups excluding tert-OH is 1. The van der Waals surface area contributed by atoms with E-state index in [0.29, 0.717) is 6.54 Å². The van der Waals surface area contributed by atoms with Gasteiger partial charge in [-0.2, -0.15) is 5.10 Å². The van der Waals surface area contributed by atoms with Crippen molar-refractivity contribution in [3.8, 4) is 10.4 Å². The Morgan fingerprint density at radius 1 is 1.20 bits per heavy atom. The number of aromatic nitrogens is 4. The Kier molecular flexibility index (Phi) is 4.17. The Hall–Kier alpha value is -2.77. The minimum Gasteiger partial charge on any atom is -0.394 e. The first-order chi connectivity index (χ1) is 12.2. The lowest BCUT2D eigenvalue weighted by atomic mass is 10.2. The number of hydrogen-bond acceptors (Lipinski definition) is 6. The van der Waals surface area contributed by atoms with Crippen LogP contribution in [0.1, 0.15) is 5.82 Å². The average Bonchev–Trinajstić information content (AvgIpc) is 3.23. The Labute approximate surface area is 148 Å². The summed E-state index contributed by atoms with van der Waals surface area (Å²) in [6.45, 7) is 2.42. The van der Waals surface area contributed by atoms with E-state index < -0.39 is 0 Å². The standard InChI is InChI=1S/C18H17N5OS/c1-12-20-17(22-14-10-19-23(11-14)7-8-24)15-9-16(25-18(15)21-12)13-5-3-2-4-6-13/h2-6,9-11,24H,7-8H2,1H3,(H,20,21,22). The number of thiophene rings is 1. The summed E-state index contributed by atoms with van der Waals surface area (Å²) in [5.41, 5.74) is 2.00. The van der Waals surface area contributed by atoms with Crippen LogP contribution >= 0.6 is 11.3 Å². The predicted octanol–water partition coefficient (Wildman–Crippen LogP) is 3.60. The van der Waals surface area contributed by atoms with Crippen LogP contribution in [-0.4, -0.2) is 31.5 Å². The van der Waals surface area contributed by atoms with E-state index >= 15 is 0 Å². The summed E-state index contributed by atoms with van der Waals surface area (Å²) in [5.74, 6) is 1.49. The van der Waals surface area contributed by atoms with Crippen LogP contribution in [0.15, 0.2) is 48.8 Å². The number of rotatable bonds is 5. The number of benzene rings is 1. The van der Waals surface area contributed by atoms with Crippen LogP contribution < -0.4 is 5.32 Å². The normalized spacial score (nSPS) is 11.1. The van der Waals surface area contributed by atoms with Crippen LogP contribution in [0.2, 0.25) is 0 Å². The molecule has 126 valence electrons. The van der Waals surface area contributed by atoms with E-state index in [1.165, 1.54) is 5.56 Å². The monoisotopic (exact) mass is 351 g/mol. The fraction of sp³-hybridized carbons (Fsp3) is 0.167. The van der Waals surface area contributed by atoms with Crippen LogP contribution in [-0.2, 0) is 6.54 Å². The molecule has 0 spiro atoms. The molecule has 3 aromatic heterocycles. The number of aryl methyl sites for hydroxylation is 1. The van der Waals surface area contributed by atoms with Crippen molar-refractivity contribution >= 4 is 33.1 Å². The van der Waals surface area contributed by atoms with E-state index in [1.54, 1.807) is 22.2 Å². The molecule has 0 saturated heterocycles. The van der Waals surface area contributed by atoms with Crippen molar-refractivity contribution in [1.29, 1.82) is 0 Å². The number of anilines is 2. The highest BCUT2D eigenvalue weighted by Crippen LogP contribution is 2.36. The topological polar surface area (TPSA) is 75.9 Å². The van der Waals surface area contributed by atoms with Crippen molar-refractivity contribution in [2.45, 2.75) is 13.5 Å². The van der Waals surface area contributed by atoms with Gasteiger partial charge in [0.05, 0.1) is 30.4 Å². The van der Waals surface area contributed by atoms with Crippen LogP contribution in [0.4, 0.5) is 11.5 Å². The number of aliphatic hydroxyl groups is 1. The van der Waals surface area contributed by atoms with Gasteiger partial charge in [-0.05, 0) is 18.6 Å². The second kappa shape index (κ2) is 6.62. The van der Waals surface area contributed by atoms with Gasteiger partial charge >= 0.3 is 0 Å². The summed E-state index contributed by atoms with van der Waals surface area (Å²) in [6.07, 6.45) is 3.58. The van der Waals surface area contributed by atoms with E-state index in [-0.39, 0.29) is 6.61 Å². The molecular weight excluding hydrogens is 334 g/mol. The molecule has 0 saturated carbocycles. The maximum absolute atomic E-state index is 9.01. The molecule has 0 aliphatic rings. The number of nitrogens with zero attached hydrogens (tertiary/aromatic N) is 4. The van der Waals surface area contributed by atoms with Crippen molar-refractivity contribution in [1.82, 2.24) is 19.7 Å². The van der Waals surface area contributed by atoms with Crippen LogP contribution in [0.3, 0.4) is 0 Å². The highest BCUT2D eigenvalue weighted by Gasteiger charge is 2.12. The molecule has 4 aromatic rings. The van der Waals surface area contributed by atoms with Crippen molar-refractivity contribution in [2.24, 2.45) is 0 Å². The molecule has 0 aliphatic carbocycles. The molecule has 7 heteroatoms. The molecular formula is C18H17N5OS. The molecule has 0 bridgehead atoms. The predicted molar refractivity (Wildman–Crippen MR) is 100 cm³/mol. The Bertz CT molecular complexity index is 1010. The van der Waals surface area contributed by atoms with Crippen molar-refractivity contribution in [3.63, 3.8) is 0 Å². The maximum Gasteiger partial charge on any atom is 0.143 e. The Balaban J connectivity index is 1.73. The van der Waals surface area contributed by atoms with Crippen LogP contribution in [0.25, 0.3) is 20.7 Å². The van der Waals surface area contributed by atoms with Gasteiger partial charge in [0.15, 0.2) is 0 Å². The van der Waals surface area contributed by atoms with Crippen molar-refractivity contribution < 1.29 is 5.11 Å². The largest absolute Gasteiger partial charge is 0.394 e. The van der Waals surface area contributed by atoms with E-state index in [9.17, 15) is 0 Å². The highest BCUT2D eigenvalue weighted by molar-refractivity contribution is 7.21. The summed E-state index contributed by atoms with van der Waals surface area (Å²) in [7, 11) is 0. The van der Waals surface area contributed by atoms with Gasteiger partial charge in [-0.1, -0.05) is 30.3 Å². The second-order valence-corrected chi connectivity index (χ2v) is 6.69. The minimum atomic E-state index is 0.0585. The molecule has 6 nitrogen and oxygen atoms in total. The van der Waals surface area contributed by atoms with Gasteiger partial charge in [-0.25, -0.2) is 9.97 Å². The molecule has 3 heterocycles. The van der Waals surface area contributed by atoms with Gasteiger partial charge in [-0.15, -0.1) is 11.3 Å². The van der Waals surface area contributed by atoms with Gasteiger partial charge in [0, 0.05) is 11.1 Å². The Morgan fingerprint density at radius 3 is 2.84 bits per heavy atom. The first-order valence-electron chi connectivity index (χ1n) is 7.97. The molecule has 0 fully saturated rings. The van der Waals surface area contributed by atoms with E-state index in [0.717, 1.165) is 32.4 Å². The smallest absolute Gasteiger partial charge is 0.143 e. The number of nitrogens with one attached hydrogen (secondary N) is 1. The molecule has 4 rings (SSSR count). The SMILES string of the molecule is Cc1nc(Nc2cnn(CCO)c2)c2cc(-c3ccccc3)sc2n1. The first kappa shape index (κ1) is 15.7. The minimum absolute atomic E-state index is 0.0585. The van der Waals surface area contributed by atoms with Gasteiger partial charge < -0.3 is 10.4 Å². The lowest BCUT2D eigenvalue weighted by Gasteiger charge is -2.05. The van der Waals surface area contributed by atoms with Crippen LogP contribution in [0.5, 0.6) is 0 Å². The van der Waals surface area contributed by atoms with Crippen LogP contribution in [0, 0.1) is 6.92 Å². The molecule has 1 aromatic carbocycles. The Morgan fingerprint density at radius 2 is 2.04 bits per heavy atom. The number of hydrogen-bond donors (Lipinski definition) is 2. The molecule has 0 radical (unpaired) electrons. The summed E-state index contributed by atoms with van der Waals surface area (Å²) in [4.78, 5) is 11.2. The van der Waals surface area contributed by atoms with Gasteiger partial charge in [0.25, 0.3) is 0 Å². The second-order valence-electron chi connectivity index (χ2n) is 5.66. The molecule has 0 atom stereocenters. The zero-order valence-electron chi connectivity index (χ0n) is 13.7. The summed E-state index contributed by atoms with van der Waals surface area (Å²) in [6, 6.07) is 12.4. The molecule has 2 N–H and O–H groups in total. The van der Waals surface area contributed by atoms with E-state index in [2.05, 4.69) is 38.6 Å². The summed E-state index contributed by atoms with van der Waals surface area (Å²) < 4.78 is 1.69. The fourth-order valence-corrected chi connectivity index (χ4v) is 3.74. The zero-order chi connectivity index (χ0) is 17.2. The van der Waals surface area contributed by atoms with Gasteiger partial charge in [0.2, 0.25) is 0 Å². The van der Waals surface area contributed by atoms with Gasteiger partial charge in [0.1, 0.15) is 16.5 Å². The molecule has 25 heavy (non-hydrogen) atoms. The van der Waals surface area contributed by atoms with Gasteiger partial charge in [-0.3, -0.25) is 4.68 Å². The third-order valence-electron chi connectivity index (χ3n) is 3.79. The average molecular weight is 351 g/mol. The highest BCUT2D eigenvalue weighted by atomic mass is 32.1. The van der Waals surface area contributed by atoms with Crippen molar-refractivity contribution in [2.75, 3.05) is 11.9 Å². The number of fused-ring (bicyclic) bond motifs is 1. The molecule has 0 aliphatic heterocycles. The summed E-state index contributed by atoms with van der Waals surface area (Å²) >= 11 is 1.66. The zero-order valence-corrected chi connectivity index (χ0v) is 14.5. The van der Waals surface area contributed by atoms with Crippen molar-refractivity contribution in [3.05, 3.63) is 54.6 Å².